The Labute approximate surface area is 143 Å². The maximum Gasteiger partial charge on any atom is 0.273 e. The van der Waals surface area contributed by atoms with Gasteiger partial charge in [-0.1, -0.05) is 5.16 Å². The summed E-state index contributed by atoms with van der Waals surface area (Å²) in [4.78, 5) is 23.2. The van der Waals surface area contributed by atoms with Crippen molar-refractivity contribution in [3.05, 3.63) is 48.1 Å². The average molecular weight is 339 g/mol. The van der Waals surface area contributed by atoms with E-state index in [1.54, 1.807) is 30.5 Å². The number of aromatic nitrogens is 3. The van der Waals surface area contributed by atoms with Crippen molar-refractivity contribution in [2.75, 3.05) is 18.0 Å². The topological polar surface area (TPSA) is 97.3 Å². The molecule has 1 saturated heterocycles. The van der Waals surface area contributed by atoms with Gasteiger partial charge in [-0.25, -0.2) is 9.97 Å². The molecule has 1 N–H and O–H groups in total. The molecule has 4 heterocycles. The smallest absolute Gasteiger partial charge is 0.273 e. The molecule has 0 radical (unpaired) electrons. The fourth-order valence-corrected chi connectivity index (χ4v) is 2.73. The van der Waals surface area contributed by atoms with Crippen LogP contribution in [-0.4, -0.2) is 34.1 Å². The first-order chi connectivity index (χ1) is 12.3. The van der Waals surface area contributed by atoms with Crippen molar-refractivity contribution in [2.45, 2.75) is 19.4 Å². The van der Waals surface area contributed by atoms with Crippen LogP contribution in [0.2, 0.25) is 0 Å². The predicted molar refractivity (Wildman–Crippen MR) is 88.9 cm³/mol. The second-order valence-electron chi connectivity index (χ2n) is 5.78. The first kappa shape index (κ1) is 15.4. The van der Waals surface area contributed by atoms with E-state index in [0.717, 1.165) is 31.6 Å². The Morgan fingerprint density at radius 2 is 2.12 bits per heavy atom. The van der Waals surface area contributed by atoms with Gasteiger partial charge in [-0.15, -0.1) is 0 Å². The molecule has 0 atom stereocenters. The molecule has 0 bridgehead atoms. The van der Waals surface area contributed by atoms with E-state index in [4.69, 9.17) is 8.94 Å². The van der Waals surface area contributed by atoms with Gasteiger partial charge >= 0.3 is 0 Å². The van der Waals surface area contributed by atoms with E-state index < -0.39 is 0 Å². The highest BCUT2D eigenvalue weighted by atomic mass is 16.5. The molecule has 8 heteroatoms. The average Bonchev–Trinajstić information content (AvgIpc) is 3.41. The summed E-state index contributed by atoms with van der Waals surface area (Å²) in [7, 11) is 0. The van der Waals surface area contributed by atoms with E-state index in [1.165, 1.54) is 6.26 Å². The minimum absolute atomic E-state index is 0.195. The molecule has 1 aliphatic rings. The van der Waals surface area contributed by atoms with Gasteiger partial charge in [0.1, 0.15) is 0 Å². The summed E-state index contributed by atoms with van der Waals surface area (Å²) in [5.74, 6) is 1.32. The van der Waals surface area contributed by atoms with Crippen molar-refractivity contribution in [2.24, 2.45) is 0 Å². The van der Waals surface area contributed by atoms with E-state index in [1.807, 2.05) is 0 Å². The molecule has 4 rings (SSSR count). The van der Waals surface area contributed by atoms with Crippen LogP contribution in [0.3, 0.4) is 0 Å². The SMILES string of the molecule is O=C(NCc1ccnc(N2CCCC2)n1)c1cc(-c2ccco2)on1. The maximum atomic E-state index is 12.2. The molecule has 0 unspecified atom stereocenters. The number of rotatable bonds is 5. The molecule has 1 aliphatic heterocycles. The molecule has 0 saturated carbocycles. The third kappa shape index (κ3) is 3.37. The lowest BCUT2D eigenvalue weighted by atomic mass is 10.3. The van der Waals surface area contributed by atoms with E-state index in [9.17, 15) is 4.79 Å². The minimum Gasteiger partial charge on any atom is -0.461 e. The van der Waals surface area contributed by atoms with Crippen LogP contribution in [0.25, 0.3) is 11.5 Å². The Morgan fingerprint density at radius 1 is 1.24 bits per heavy atom. The summed E-state index contributed by atoms with van der Waals surface area (Å²) >= 11 is 0. The summed E-state index contributed by atoms with van der Waals surface area (Å²) in [5, 5.41) is 6.57. The number of carbonyl (C=O) groups is 1. The van der Waals surface area contributed by atoms with Crippen molar-refractivity contribution in [3.8, 4) is 11.5 Å². The Kier molecular flexibility index (Phi) is 4.16. The summed E-state index contributed by atoms with van der Waals surface area (Å²) in [6, 6.07) is 6.81. The van der Waals surface area contributed by atoms with Crippen molar-refractivity contribution < 1.29 is 13.7 Å². The molecule has 8 nitrogen and oxygen atoms in total. The summed E-state index contributed by atoms with van der Waals surface area (Å²) in [5.41, 5.74) is 0.945. The summed E-state index contributed by atoms with van der Waals surface area (Å²) in [6.07, 6.45) is 5.57. The van der Waals surface area contributed by atoms with E-state index in [2.05, 4.69) is 25.3 Å². The van der Waals surface area contributed by atoms with Crippen LogP contribution in [0, 0.1) is 0 Å². The van der Waals surface area contributed by atoms with Crippen molar-refractivity contribution >= 4 is 11.9 Å². The highest BCUT2D eigenvalue weighted by Crippen LogP contribution is 2.20. The van der Waals surface area contributed by atoms with Gasteiger partial charge in [0.05, 0.1) is 18.5 Å². The molecule has 0 aromatic carbocycles. The number of hydrogen-bond acceptors (Lipinski definition) is 7. The highest BCUT2D eigenvalue weighted by Gasteiger charge is 2.17. The molecule has 1 fully saturated rings. The summed E-state index contributed by atoms with van der Waals surface area (Å²) in [6.45, 7) is 2.25. The van der Waals surface area contributed by atoms with E-state index in [0.29, 0.717) is 24.0 Å². The van der Waals surface area contributed by atoms with Crippen LogP contribution in [-0.2, 0) is 6.54 Å². The third-order valence-electron chi connectivity index (χ3n) is 4.03. The van der Waals surface area contributed by atoms with Crippen molar-refractivity contribution in [3.63, 3.8) is 0 Å². The van der Waals surface area contributed by atoms with Gasteiger partial charge in [-0.2, -0.15) is 0 Å². The molecule has 0 aliphatic carbocycles. The number of anilines is 1. The van der Waals surface area contributed by atoms with Gasteiger partial charge < -0.3 is 19.2 Å². The Morgan fingerprint density at radius 3 is 2.92 bits per heavy atom. The monoisotopic (exact) mass is 339 g/mol. The second-order valence-corrected chi connectivity index (χ2v) is 5.78. The number of furan rings is 1. The van der Waals surface area contributed by atoms with Crippen molar-refractivity contribution in [1.29, 1.82) is 0 Å². The van der Waals surface area contributed by atoms with Gasteiger partial charge in [0.15, 0.2) is 11.5 Å². The summed E-state index contributed by atoms with van der Waals surface area (Å²) < 4.78 is 10.3. The van der Waals surface area contributed by atoms with E-state index in [-0.39, 0.29) is 11.6 Å². The Hall–Kier alpha value is -3.16. The fourth-order valence-electron chi connectivity index (χ4n) is 2.73. The molecule has 3 aromatic heterocycles. The van der Waals surface area contributed by atoms with Crippen LogP contribution >= 0.6 is 0 Å². The number of nitrogens with zero attached hydrogens (tertiary/aromatic N) is 4. The first-order valence-corrected chi connectivity index (χ1v) is 8.15. The quantitative estimate of drug-likeness (QED) is 0.761. The largest absolute Gasteiger partial charge is 0.461 e. The van der Waals surface area contributed by atoms with Gasteiger partial charge in [0.2, 0.25) is 11.7 Å². The Balaban J connectivity index is 1.39. The zero-order chi connectivity index (χ0) is 17.1. The highest BCUT2D eigenvalue weighted by molar-refractivity contribution is 5.92. The molecule has 3 aromatic rings. The molecule has 1 amide bonds. The first-order valence-electron chi connectivity index (χ1n) is 8.15. The number of hydrogen-bond donors (Lipinski definition) is 1. The van der Waals surface area contributed by atoms with Crippen LogP contribution in [0.1, 0.15) is 29.0 Å². The fraction of sp³-hybridized carbons (Fsp3) is 0.294. The second kappa shape index (κ2) is 6.76. The zero-order valence-electron chi connectivity index (χ0n) is 13.5. The standard InChI is InChI=1S/C17H17N5O3/c23-16(13-10-15(25-21-13)14-4-3-9-24-14)19-11-12-5-6-18-17(20-12)22-7-1-2-8-22/h3-6,9-10H,1-2,7-8,11H2,(H,19,23). The number of carbonyl (C=O) groups excluding carboxylic acids is 1. The van der Waals surface area contributed by atoms with Crippen LogP contribution in [0.5, 0.6) is 0 Å². The lowest BCUT2D eigenvalue weighted by Gasteiger charge is -2.15. The normalized spacial score (nSPS) is 14.0. The van der Waals surface area contributed by atoms with Crippen LogP contribution in [0.4, 0.5) is 5.95 Å². The van der Waals surface area contributed by atoms with Gasteiger partial charge in [0, 0.05) is 25.4 Å². The Bertz CT molecular complexity index is 853. The maximum absolute atomic E-state index is 12.2. The molecule has 0 spiro atoms. The zero-order valence-corrected chi connectivity index (χ0v) is 13.5. The van der Waals surface area contributed by atoms with Crippen LogP contribution in [0.15, 0.2) is 45.7 Å². The van der Waals surface area contributed by atoms with Crippen molar-refractivity contribution in [1.82, 2.24) is 20.4 Å². The van der Waals surface area contributed by atoms with Crippen LogP contribution < -0.4 is 10.2 Å². The predicted octanol–water partition coefficient (Wildman–Crippen LogP) is 2.25. The molecular weight excluding hydrogens is 322 g/mol. The molecule has 25 heavy (non-hydrogen) atoms. The minimum atomic E-state index is -0.331. The number of amides is 1. The molecule has 128 valence electrons. The van der Waals surface area contributed by atoms with Gasteiger partial charge in [-0.3, -0.25) is 4.79 Å². The van der Waals surface area contributed by atoms with Gasteiger partial charge in [-0.05, 0) is 31.0 Å². The third-order valence-corrected chi connectivity index (χ3v) is 4.03. The lowest BCUT2D eigenvalue weighted by molar-refractivity contribution is 0.0941. The molecular formula is C17H17N5O3. The number of nitrogens with one attached hydrogen (secondary N) is 1. The van der Waals surface area contributed by atoms with Gasteiger partial charge in [0.25, 0.3) is 5.91 Å². The lowest BCUT2D eigenvalue weighted by Crippen LogP contribution is -2.25. The van der Waals surface area contributed by atoms with E-state index >= 15 is 0 Å².